The van der Waals surface area contributed by atoms with E-state index in [1.807, 2.05) is 13.8 Å². The van der Waals surface area contributed by atoms with Crippen LogP contribution in [0.5, 0.6) is 0 Å². The number of hydrogen-bond acceptors (Lipinski definition) is 3. The lowest BCUT2D eigenvalue weighted by Crippen LogP contribution is -2.14. The maximum absolute atomic E-state index is 9.14. The molecule has 0 bridgehead atoms. The molecule has 1 aromatic heterocycles. The molecule has 16 heavy (non-hydrogen) atoms. The van der Waals surface area contributed by atoms with Crippen LogP contribution in [0.25, 0.3) is 0 Å². The molecule has 0 aliphatic heterocycles. The van der Waals surface area contributed by atoms with Gasteiger partial charge in [-0.25, -0.2) is 4.98 Å². The van der Waals surface area contributed by atoms with Gasteiger partial charge in [-0.2, -0.15) is 5.26 Å². The van der Waals surface area contributed by atoms with Crippen molar-refractivity contribution in [2.24, 2.45) is 5.92 Å². The molecule has 0 saturated heterocycles. The van der Waals surface area contributed by atoms with Crippen LogP contribution in [0.4, 0.5) is 0 Å². The lowest BCUT2D eigenvalue weighted by Gasteiger charge is -2.22. The number of rotatable bonds is 1. The summed E-state index contributed by atoms with van der Waals surface area (Å²) >= 11 is 1.74. The standard InChI is InChI=1S/C13H18N2S/c1-8-5-9(2)11-10(6-8)15-12(16-11)13(3,4)7-14/h8-9H,5-6H2,1-4H3. The van der Waals surface area contributed by atoms with Gasteiger partial charge in [-0.1, -0.05) is 13.8 Å². The van der Waals surface area contributed by atoms with Crippen LogP contribution in [0.1, 0.15) is 55.6 Å². The van der Waals surface area contributed by atoms with Gasteiger partial charge in [-0.05, 0) is 38.5 Å². The zero-order valence-corrected chi connectivity index (χ0v) is 11.2. The van der Waals surface area contributed by atoms with Crippen molar-refractivity contribution in [3.63, 3.8) is 0 Å². The first-order valence-electron chi connectivity index (χ1n) is 5.85. The van der Waals surface area contributed by atoms with Crippen LogP contribution in [-0.4, -0.2) is 4.98 Å². The summed E-state index contributed by atoms with van der Waals surface area (Å²) in [4.78, 5) is 6.10. The van der Waals surface area contributed by atoms with Gasteiger partial charge in [0, 0.05) is 4.88 Å². The SMILES string of the molecule is CC1Cc2nc(C(C)(C)C#N)sc2C(C)C1. The minimum atomic E-state index is -0.440. The van der Waals surface area contributed by atoms with Crippen molar-refractivity contribution in [3.05, 3.63) is 15.6 Å². The lowest BCUT2D eigenvalue weighted by atomic mass is 9.85. The van der Waals surface area contributed by atoms with Gasteiger partial charge in [-0.3, -0.25) is 0 Å². The van der Waals surface area contributed by atoms with Gasteiger partial charge >= 0.3 is 0 Å². The average Bonchev–Trinajstić information content (AvgIpc) is 2.62. The number of aromatic nitrogens is 1. The molecule has 0 fully saturated rings. The quantitative estimate of drug-likeness (QED) is 0.744. The number of fused-ring (bicyclic) bond motifs is 1. The fourth-order valence-electron chi connectivity index (χ4n) is 2.33. The highest BCUT2D eigenvalue weighted by atomic mass is 32.1. The molecular weight excluding hydrogens is 216 g/mol. The second-order valence-corrected chi connectivity index (χ2v) is 6.54. The molecular formula is C13H18N2S. The molecule has 0 saturated carbocycles. The third-order valence-corrected chi connectivity index (χ3v) is 4.94. The van der Waals surface area contributed by atoms with Crippen molar-refractivity contribution in [1.29, 1.82) is 5.26 Å². The van der Waals surface area contributed by atoms with Gasteiger partial charge in [0.2, 0.25) is 0 Å². The van der Waals surface area contributed by atoms with E-state index in [-0.39, 0.29) is 0 Å². The van der Waals surface area contributed by atoms with E-state index in [2.05, 4.69) is 19.9 Å². The van der Waals surface area contributed by atoms with Crippen LogP contribution in [-0.2, 0) is 11.8 Å². The molecule has 2 nitrogen and oxygen atoms in total. The molecule has 0 spiro atoms. The van der Waals surface area contributed by atoms with Gasteiger partial charge in [0.05, 0.1) is 11.8 Å². The summed E-state index contributed by atoms with van der Waals surface area (Å²) in [7, 11) is 0. The van der Waals surface area contributed by atoms with Crippen molar-refractivity contribution >= 4 is 11.3 Å². The normalized spacial score (nSPS) is 24.9. The number of hydrogen-bond donors (Lipinski definition) is 0. The number of nitrogens with zero attached hydrogens (tertiary/aromatic N) is 2. The predicted octanol–water partition coefficient (Wildman–Crippen LogP) is 3.63. The molecule has 0 N–H and O–H groups in total. The fraction of sp³-hybridized carbons (Fsp3) is 0.692. The van der Waals surface area contributed by atoms with Crippen molar-refractivity contribution in [1.82, 2.24) is 4.98 Å². The highest BCUT2D eigenvalue weighted by Gasteiger charge is 2.30. The molecule has 2 rings (SSSR count). The molecule has 0 amide bonds. The van der Waals surface area contributed by atoms with Gasteiger partial charge in [0.15, 0.2) is 0 Å². The zero-order valence-electron chi connectivity index (χ0n) is 10.4. The van der Waals surface area contributed by atoms with Crippen LogP contribution >= 0.6 is 11.3 Å². The number of thiazole rings is 1. The molecule has 3 heteroatoms. The van der Waals surface area contributed by atoms with Crippen LogP contribution in [0.3, 0.4) is 0 Å². The van der Waals surface area contributed by atoms with Crippen molar-refractivity contribution < 1.29 is 0 Å². The Bertz CT molecular complexity index is 439. The van der Waals surface area contributed by atoms with E-state index < -0.39 is 5.41 Å². The van der Waals surface area contributed by atoms with Crippen LogP contribution in [0, 0.1) is 17.2 Å². The Morgan fingerprint density at radius 3 is 2.75 bits per heavy atom. The van der Waals surface area contributed by atoms with Gasteiger partial charge < -0.3 is 0 Å². The fourth-order valence-corrected chi connectivity index (χ4v) is 3.54. The van der Waals surface area contributed by atoms with Crippen LogP contribution in [0.15, 0.2) is 0 Å². The summed E-state index contributed by atoms with van der Waals surface area (Å²) < 4.78 is 0. The minimum Gasteiger partial charge on any atom is -0.244 e. The highest BCUT2D eigenvalue weighted by molar-refractivity contribution is 7.12. The minimum absolute atomic E-state index is 0.440. The Morgan fingerprint density at radius 1 is 1.44 bits per heavy atom. The van der Waals surface area contributed by atoms with Crippen molar-refractivity contribution in [2.75, 3.05) is 0 Å². The molecule has 1 aromatic rings. The van der Waals surface area contributed by atoms with Gasteiger partial charge in [-0.15, -0.1) is 11.3 Å². The van der Waals surface area contributed by atoms with E-state index in [1.165, 1.54) is 17.0 Å². The largest absolute Gasteiger partial charge is 0.244 e. The van der Waals surface area contributed by atoms with Crippen molar-refractivity contribution in [3.8, 4) is 6.07 Å². The molecule has 1 aliphatic rings. The average molecular weight is 234 g/mol. The van der Waals surface area contributed by atoms with E-state index in [0.29, 0.717) is 5.92 Å². The smallest absolute Gasteiger partial charge is 0.113 e. The highest BCUT2D eigenvalue weighted by Crippen LogP contribution is 2.40. The van der Waals surface area contributed by atoms with Crippen LogP contribution in [0.2, 0.25) is 0 Å². The summed E-state index contributed by atoms with van der Waals surface area (Å²) in [6.07, 6.45) is 2.33. The first-order chi connectivity index (χ1) is 7.44. The third-order valence-electron chi connectivity index (χ3n) is 3.29. The Morgan fingerprint density at radius 2 is 2.12 bits per heavy atom. The summed E-state index contributed by atoms with van der Waals surface area (Å²) in [5.74, 6) is 1.34. The second kappa shape index (κ2) is 3.85. The molecule has 2 atom stereocenters. The van der Waals surface area contributed by atoms with E-state index >= 15 is 0 Å². The second-order valence-electron chi connectivity index (χ2n) is 5.51. The third kappa shape index (κ3) is 1.87. The van der Waals surface area contributed by atoms with E-state index in [4.69, 9.17) is 10.2 Å². The summed E-state index contributed by atoms with van der Waals surface area (Å²) in [6.45, 7) is 8.46. The Labute approximate surface area is 101 Å². The molecule has 1 heterocycles. The monoisotopic (exact) mass is 234 g/mol. The zero-order chi connectivity index (χ0) is 11.9. The topological polar surface area (TPSA) is 36.7 Å². The summed E-state index contributed by atoms with van der Waals surface area (Å²) in [5.41, 5.74) is 0.805. The Hall–Kier alpha value is -0.880. The molecule has 86 valence electrons. The summed E-state index contributed by atoms with van der Waals surface area (Å²) in [5, 5.41) is 10.1. The summed E-state index contributed by atoms with van der Waals surface area (Å²) in [6, 6.07) is 2.34. The first kappa shape index (κ1) is 11.6. The van der Waals surface area contributed by atoms with Gasteiger partial charge in [0.1, 0.15) is 10.4 Å². The maximum Gasteiger partial charge on any atom is 0.113 e. The molecule has 1 aliphatic carbocycles. The van der Waals surface area contributed by atoms with Gasteiger partial charge in [0.25, 0.3) is 0 Å². The van der Waals surface area contributed by atoms with E-state index in [9.17, 15) is 0 Å². The van der Waals surface area contributed by atoms with Crippen LogP contribution < -0.4 is 0 Å². The first-order valence-corrected chi connectivity index (χ1v) is 6.67. The molecule has 0 radical (unpaired) electrons. The van der Waals surface area contributed by atoms with Crippen molar-refractivity contribution in [2.45, 2.75) is 51.9 Å². The number of nitriles is 1. The Balaban J connectivity index is 2.42. The Kier molecular flexibility index (Phi) is 2.79. The van der Waals surface area contributed by atoms with E-state index in [1.54, 1.807) is 11.3 Å². The molecule has 2 unspecified atom stereocenters. The molecule has 0 aromatic carbocycles. The lowest BCUT2D eigenvalue weighted by molar-refractivity contribution is 0.449. The predicted molar refractivity (Wildman–Crippen MR) is 66.7 cm³/mol. The van der Waals surface area contributed by atoms with E-state index in [0.717, 1.165) is 17.3 Å². The maximum atomic E-state index is 9.14.